The molecule has 0 fully saturated rings. The van der Waals surface area contributed by atoms with E-state index in [2.05, 4.69) is 10.3 Å². The summed E-state index contributed by atoms with van der Waals surface area (Å²) in [4.78, 5) is 28.3. The second-order valence-corrected chi connectivity index (χ2v) is 4.12. The highest BCUT2D eigenvalue weighted by atomic mass is 16.4. The lowest BCUT2D eigenvalue weighted by molar-refractivity contribution is -0.139. The molecule has 1 atom stereocenters. The fourth-order valence-electron chi connectivity index (χ4n) is 1.61. The largest absolute Gasteiger partial charge is 0.480 e. The highest BCUT2D eigenvalue weighted by Gasteiger charge is 2.20. The molecule has 0 aliphatic rings. The zero-order valence-corrected chi connectivity index (χ0v) is 11.2. The summed E-state index contributed by atoms with van der Waals surface area (Å²) in [6.45, 7) is 4.51. The van der Waals surface area contributed by atoms with E-state index in [1.807, 2.05) is 19.1 Å². The van der Waals surface area contributed by atoms with Crippen molar-refractivity contribution in [1.29, 1.82) is 0 Å². The highest BCUT2D eigenvalue weighted by molar-refractivity contribution is 5.82. The number of hydrogen-bond acceptors (Lipinski definition) is 3. The SMILES string of the molecule is CCC(NC(=O)N(CC)Cc1ccncc1)C(=O)O. The first kappa shape index (κ1) is 14.9. The Bertz CT molecular complexity index is 422. The summed E-state index contributed by atoms with van der Waals surface area (Å²) in [5, 5.41) is 11.4. The van der Waals surface area contributed by atoms with Crippen LogP contribution in [0.2, 0.25) is 0 Å². The van der Waals surface area contributed by atoms with Crippen molar-refractivity contribution >= 4 is 12.0 Å². The summed E-state index contributed by atoms with van der Waals surface area (Å²) in [6, 6.07) is 2.43. The minimum Gasteiger partial charge on any atom is -0.480 e. The Hall–Kier alpha value is -2.11. The molecule has 0 aliphatic carbocycles. The summed E-state index contributed by atoms with van der Waals surface area (Å²) in [5.41, 5.74) is 0.954. The van der Waals surface area contributed by atoms with Gasteiger partial charge in [0.2, 0.25) is 0 Å². The van der Waals surface area contributed by atoms with Gasteiger partial charge in [0.15, 0.2) is 0 Å². The number of nitrogens with zero attached hydrogens (tertiary/aromatic N) is 2. The van der Waals surface area contributed by atoms with Gasteiger partial charge >= 0.3 is 12.0 Å². The van der Waals surface area contributed by atoms with E-state index in [0.717, 1.165) is 5.56 Å². The van der Waals surface area contributed by atoms with E-state index in [1.165, 1.54) is 0 Å². The van der Waals surface area contributed by atoms with Crippen molar-refractivity contribution < 1.29 is 14.7 Å². The number of carboxylic acids is 1. The first-order valence-corrected chi connectivity index (χ1v) is 6.25. The molecule has 1 aromatic rings. The average Bonchev–Trinajstić information content (AvgIpc) is 2.42. The summed E-state index contributed by atoms with van der Waals surface area (Å²) < 4.78 is 0. The monoisotopic (exact) mass is 265 g/mol. The van der Waals surface area contributed by atoms with Crippen LogP contribution in [0.3, 0.4) is 0 Å². The molecule has 1 heterocycles. The molecule has 2 N–H and O–H groups in total. The number of carbonyl (C=O) groups is 2. The van der Waals surface area contributed by atoms with Gasteiger partial charge < -0.3 is 15.3 Å². The fourth-order valence-corrected chi connectivity index (χ4v) is 1.61. The molecule has 6 nitrogen and oxygen atoms in total. The number of urea groups is 1. The van der Waals surface area contributed by atoms with Crippen molar-refractivity contribution in [2.24, 2.45) is 0 Å². The van der Waals surface area contributed by atoms with Crippen LogP contribution in [0.15, 0.2) is 24.5 Å². The number of pyridine rings is 1. The number of aromatic nitrogens is 1. The third kappa shape index (κ3) is 4.57. The lowest BCUT2D eigenvalue weighted by atomic mass is 10.2. The van der Waals surface area contributed by atoms with Crippen LogP contribution in [0.25, 0.3) is 0 Å². The number of amides is 2. The number of carbonyl (C=O) groups excluding carboxylic acids is 1. The number of aliphatic carboxylic acids is 1. The van der Waals surface area contributed by atoms with E-state index < -0.39 is 12.0 Å². The lowest BCUT2D eigenvalue weighted by Crippen LogP contribution is -2.47. The minimum absolute atomic E-state index is 0.355. The third-order valence-corrected chi connectivity index (χ3v) is 2.80. The first-order valence-electron chi connectivity index (χ1n) is 6.25. The molecule has 0 saturated heterocycles. The third-order valence-electron chi connectivity index (χ3n) is 2.80. The van der Waals surface area contributed by atoms with E-state index in [9.17, 15) is 9.59 Å². The molecule has 0 radical (unpaired) electrons. The lowest BCUT2D eigenvalue weighted by Gasteiger charge is -2.23. The normalized spacial score (nSPS) is 11.7. The Labute approximate surface area is 112 Å². The molecular weight excluding hydrogens is 246 g/mol. The van der Waals surface area contributed by atoms with Crippen LogP contribution in [0.5, 0.6) is 0 Å². The molecule has 2 amide bonds. The zero-order valence-electron chi connectivity index (χ0n) is 11.2. The van der Waals surface area contributed by atoms with Crippen LogP contribution in [0, 0.1) is 0 Å². The van der Waals surface area contributed by atoms with Gasteiger partial charge in [-0.1, -0.05) is 6.92 Å². The molecule has 1 aromatic heterocycles. The van der Waals surface area contributed by atoms with Gasteiger partial charge in [0.05, 0.1) is 0 Å². The Morgan fingerprint density at radius 3 is 2.47 bits per heavy atom. The number of carboxylic acid groups (broad SMARTS) is 1. The molecule has 0 aliphatic heterocycles. The van der Waals surface area contributed by atoms with Crippen molar-refractivity contribution in [3.05, 3.63) is 30.1 Å². The van der Waals surface area contributed by atoms with Gasteiger partial charge in [0.25, 0.3) is 0 Å². The molecule has 104 valence electrons. The smallest absolute Gasteiger partial charge is 0.326 e. The Kier molecular flexibility index (Phi) is 5.78. The molecule has 19 heavy (non-hydrogen) atoms. The van der Waals surface area contributed by atoms with E-state index in [0.29, 0.717) is 19.5 Å². The van der Waals surface area contributed by atoms with E-state index in [-0.39, 0.29) is 6.03 Å². The molecule has 1 rings (SSSR count). The van der Waals surface area contributed by atoms with Gasteiger partial charge in [-0.25, -0.2) is 9.59 Å². The topological polar surface area (TPSA) is 82.5 Å². The summed E-state index contributed by atoms with van der Waals surface area (Å²) in [5.74, 6) is -1.02. The van der Waals surface area contributed by atoms with Crippen LogP contribution < -0.4 is 5.32 Å². The van der Waals surface area contributed by atoms with Crippen LogP contribution in [0.1, 0.15) is 25.8 Å². The Balaban J connectivity index is 2.64. The van der Waals surface area contributed by atoms with E-state index in [4.69, 9.17) is 5.11 Å². The van der Waals surface area contributed by atoms with Gasteiger partial charge in [-0.15, -0.1) is 0 Å². The molecule has 6 heteroatoms. The molecule has 0 aromatic carbocycles. The number of hydrogen-bond donors (Lipinski definition) is 2. The maximum atomic E-state index is 12.0. The van der Waals surface area contributed by atoms with E-state index >= 15 is 0 Å². The zero-order chi connectivity index (χ0) is 14.3. The van der Waals surface area contributed by atoms with Gasteiger partial charge in [0.1, 0.15) is 6.04 Å². The van der Waals surface area contributed by atoms with Crippen molar-refractivity contribution in [3.63, 3.8) is 0 Å². The molecule has 0 spiro atoms. The predicted molar refractivity (Wildman–Crippen MR) is 70.6 cm³/mol. The van der Waals surface area contributed by atoms with Gasteiger partial charge in [-0.2, -0.15) is 0 Å². The highest BCUT2D eigenvalue weighted by Crippen LogP contribution is 2.04. The molecule has 0 bridgehead atoms. The van der Waals surface area contributed by atoms with Gasteiger partial charge in [-0.05, 0) is 31.0 Å². The molecule has 1 unspecified atom stereocenters. The van der Waals surface area contributed by atoms with Crippen molar-refractivity contribution in [2.75, 3.05) is 6.54 Å². The fraction of sp³-hybridized carbons (Fsp3) is 0.462. The average molecular weight is 265 g/mol. The summed E-state index contributed by atoms with van der Waals surface area (Å²) in [7, 11) is 0. The number of nitrogens with one attached hydrogen (secondary N) is 1. The van der Waals surface area contributed by atoms with Crippen LogP contribution in [-0.4, -0.2) is 39.6 Å². The van der Waals surface area contributed by atoms with Crippen molar-refractivity contribution in [3.8, 4) is 0 Å². The van der Waals surface area contributed by atoms with Crippen molar-refractivity contribution in [2.45, 2.75) is 32.9 Å². The Morgan fingerprint density at radius 2 is 2.00 bits per heavy atom. The number of rotatable bonds is 6. The predicted octanol–water partition coefficient (Wildman–Crippen LogP) is 1.48. The molecule has 0 saturated carbocycles. The standard InChI is InChI=1S/C13H19N3O3/c1-3-11(12(17)18)15-13(19)16(4-2)9-10-5-7-14-8-6-10/h5-8,11H,3-4,9H2,1-2H3,(H,15,19)(H,17,18). The maximum Gasteiger partial charge on any atom is 0.326 e. The second kappa shape index (κ2) is 7.35. The van der Waals surface area contributed by atoms with E-state index in [1.54, 1.807) is 24.2 Å². The van der Waals surface area contributed by atoms with Crippen LogP contribution >= 0.6 is 0 Å². The van der Waals surface area contributed by atoms with Gasteiger partial charge in [0, 0.05) is 25.5 Å². The maximum absolute atomic E-state index is 12.0. The molecular formula is C13H19N3O3. The summed E-state index contributed by atoms with van der Waals surface area (Å²) in [6.07, 6.45) is 3.67. The second-order valence-electron chi connectivity index (χ2n) is 4.12. The minimum atomic E-state index is -1.02. The Morgan fingerprint density at radius 1 is 1.37 bits per heavy atom. The van der Waals surface area contributed by atoms with Crippen LogP contribution in [0.4, 0.5) is 4.79 Å². The quantitative estimate of drug-likeness (QED) is 0.816. The van der Waals surface area contributed by atoms with Gasteiger partial charge in [-0.3, -0.25) is 4.98 Å². The van der Waals surface area contributed by atoms with Crippen molar-refractivity contribution in [1.82, 2.24) is 15.2 Å². The van der Waals surface area contributed by atoms with Crippen LogP contribution in [-0.2, 0) is 11.3 Å². The first-order chi connectivity index (χ1) is 9.08. The summed E-state index contributed by atoms with van der Waals surface area (Å²) >= 11 is 0.